The molecule has 2 aliphatic heterocycles. The SMILES string of the molecule is Cc1ccc(NC(=O)COC(=O)[C@]23CCC(=O)N2c2ccccc2S3)cc1Cl. The van der Waals surface area contributed by atoms with Crippen molar-refractivity contribution < 1.29 is 19.1 Å². The molecule has 0 aromatic heterocycles. The molecular formula is C20H17ClN2O4S. The molecule has 2 aliphatic rings. The van der Waals surface area contributed by atoms with Crippen molar-refractivity contribution in [2.24, 2.45) is 0 Å². The van der Waals surface area contributed by atoms with Gasteiger partial charge < -0.3 is 10.1 Å². The van der Waals surface area contributed by atoms with Gasteiger partial charge in [0.15, 0.2) is 11.5 Å². The van der Waals surface area contributed by atoms with Gasteiger partial charge in [0.2, 0.25) is 5.91 Å². The zero-order valence-electron chi connectivity index (χ0n) is 15.0. The van der Waals surface area contributed by atoms with Gasteiger partial charge in [0, 0.05) is 28.4 Å². The van der Waals surface area contributed by atoms with E-state index in [0.717, 1.165) is 10.5 Å². The van der Waals surface area contributed by atoms with E-state index in [4.69, 9.17) is 16.3 Å². The summed E-state index contributed by atoms with van der Waals surface area (Å²) in [6, 6.07) is 12.5. The number of anilines is 2. The summed E-state index contributed by atoms with van der Waals surface area (Å²) in [5.74, 6) is -1.18. The summed E-state index contributed by atoms with van der Waals surface area (Å²) in [7, 11) is 0. The fourth-order valence-corrected chi connectivity index (χ4v) is 4.98. The normalized spacial score (nSPS) is 19.9. The molecule has 8 heteroatoms. The molecule has 2 aromatic rings. The summed E-state index contributed by atoms with van der Waals surface area (Å²) in [4.78, 5) is 38.7. The number of halogens is 1. The van der Waals surface area contributed by atoms with Crippen molar-refractivity contribution in [1.82, 2.24) is 0 Å². The lowest BCUT2D eigenvalue weighted by molar-refractivity contribution is -0.149. The first kappa shape index (κ1) is 18.8. The van der Waals surface area contributed by atoms with Crippen molar-refractivity contribution in [3.8, 4) is 0 Å². The van der Waals surface area contributed by atoms with Crippen LogP contribution in [0.15, 0.2) is 47.4 Å². The number of amides is 2. The standard InChI is InChI=1S/C20H17ClN2O4S/c1-12-6-7-13(10-14(12)21)22-17(24)11-27-19(26)20-9-8-18(25)23(20)15-4-2-3-5-16(15)28-20/h2-7,10H,8-9,11H2,1H3,(H,22,24)/t20-/m1/s1. The molecule has 0 spiro atoms. The van der Waals surface area contributed by atoms with E-state index in [2.05, 4.69) is 5.32 Å². The van der Waals surface area contributed by atoms with Crippen LogP contribution in [0.25, 0.3) is 0 Å². The number of hydrogen-bond acceptors (Lipinski definition) is 5. The van der Waals surface area contributed by atoms with E-state index in [1.807, 2.05) is 31.2 Å². The number of para-hydroxylation sites is 1. The fraction of sp³-hybridized carbons (Fsp3) is 0.250. The third-order valence-corrected chi connectivity index (χ3v) is 6.65. The number of esters is 1. The minimum absolute atomic E-state index is 0.117. The summed E-state index contributed by atoms with van der Waals surface area (Å²) in [5.41, 5.74) is 2.13. The van der Waals surface area contributed by atoms with Crippen molar-refractivity contribution >= 4 is 52.5 Å². The Labute approximate surface area is 171 Å². The Hall–Kier alpha value is -2.51. The van der Waals surface area contributed by atoms with Crippen LogP contribution in [0, 0.1) is 6.92 Å². The largest absolute Gasteiger partial charge is 0.453 e. The molecule has 0 aliphatic carbocycles. The van der Waals surface area contributed by atoms with Gasteiger partial charge in [-0.1, -0.05) is 41.6 Å². The van der Waals surface area contributed by atoms with Gasteiger partial charge in [-0.15, -0.1) is 0 Å². The van der Waals surface area contributed by atoms with Gasteiger partial charge in [-0.3, -0.25) is 14.5 Å². The van der Waals surface area contributed by atoms with Crippen molar-refractivity contribution in [3.63, 3.8) is 0 Å². The molecule has 144 valence electrons. The van der Waals surface area contributed by atoms with Crippen LogP contribution >= 0.6 is 23.4 Å². The summed E-state index contributed by atoms with van der Waals surface area (Å²) in [5, 5.41) is 3.19. The Balaban J connectivity index is 1.44. The molecule has 0 bridgehead atoms. The molecule has 28 heavy (non-hydrogen) atoms. The van der Waals surface area contributed by atoms with E-state index in [0.29, 0.717) is 22.8 Å². The zero-order valence-corrected chi connectivity index (χ0v) is 16.6. The number of nitrogens with zero attached hydrogens (tertiary/aromatic N) is 1. The predicted molar refractivity (Wildman–Crippen MR) is 108 cm³/mol. The van der Waals surface area contributed by atoms with Crippen LogP contribution < -0.4 is 10.2 Å². The van der Waals surface area contributed by atoms with Gasteiger partial charge >= 0.3 is 5.97 Å². The van der Waals surface area contributed by atoms with Crippen LogP contribution in [0.2, 0.25) is 5.02 Å². The van der Waals surface area contributed by atoms with E-state index in [9.17, 15) is 14.4 Å². The van der Waals surface area contributed by atoms with E-state index in [-0.39, 0.29) is 12.3 Å². The summed E-state index contributed by atoms with van der Waals surface area (Å²) in [6.07, 6.45) is 0.615. The number of rotatable bonds is 4. The number of ether oxygens (including phenoxy) is 1. The molecule has 0 unspecified atom stereocenters. The first-order valence-electron chi connectivity index (χ1n) is 8.75. The second kappa shape index (κ2) is 7.14. The first-order chi connectivity index (χ1) is 13.4. The Morgan fingerprint density at radius 2 is 2.07 bits per heavy atom. The van der Waals surface area contributed by atoms with E-state index in [1.165, 1.54) is 16.7 Å². The first-order valence-corrected chi connectivity index (χ1v) is 9.94. The van der Waals surface area contributed by atoms with Gasteiger partial charge in [-0.25, -0.2) is 4.79 Å². The van der Waals surface area contributed by atoms with Gasteiger partial charge in [-0.05, 0) is 36.8 Å². The number of fused-ring (bicyclic) bond motifs is 3. The number of aryl methyl sites for hydroxylation is 1. The highest BCUT2D eigenvalue weighted by Crippen LogP contribution is 2.56. The molecule has 1 fully saturated rings. The van der Waals surface area contributed by atoms with Crippen LogP contribution in [0.5, 0.6) is 0 Å². The number of hydrogen-bond donors (Lipinski definition) is 1. The van der Waals surface area contributed by atoms with Gasteiger partial charge in [0.1, 0.15) is 0 Å². The number of nitrogens with one attached hydrogen (secondary N) is 1. The molecule has 2 amide bonds. The van der Waals surface area contributed by atoms with Crippen molar-refractivity contribution in [2.45, 2.75) is 29.5 Å². The van der Waals surface area contributed by atoms with Gasteiger partial charge in [0.05, 0.1) is 5.69 Å². The van der Waals surface area contributed by atoms with Crippen LogP contribution in [0.4, 0.5) is 11.4 Å². The zero-order chi connectivity index (χ0) is 19.9. The smallest absolute Gasteiger partial charge is 0.344 e. The monoisotopic (exact) mass is 416 g/mol. The van der Waals surface area contributed by atoms with E-state index >= 15 is 0 Å². The second-order valence-corrected chi connectivity index (χ2v) is 8.40. The van der Waals surface area contributed by atoms with Crippen molar-refractivity contribution in [1.29, 1.82) is 0 Å². The highest BCUT2D eigenvalue weighted by Gasteiger charge is 2.58. The number of carbonyl (C=O) groups excluding carboxylic acids is 3. The number of carbonyl (C=O) groups is 3. The van der Waals surface area contributed by atoms with Crippen LogP contribution in [-0.4, -0.2) is 29.3 Å². The van der Waals surface area contributed by atoms with Gasteiger partial charge in [0.25, 0.3) is 5.91 Å². The third-order valence-electron chi connectivity index (χ3n) is 4.78. The lowest BCUT2D eigenvalue weighted by Gasteiger charge is -2.28. The molecule has 0 radical (unpaired) electrons. The lowest BCUT2D eigenvalue weighted by Crippen LogP contribution is -2.48. The highest BCUT2D eigenvalue weighted by atomic mass is 35.5. The van der Waals surface area contributed by atoms with Crippen molar-refractivity contribution in [3.05, 3.63) is 53.1 Å². The molecule has 1 saturated heterocycles. The molecule has 2 aromatic carbocycles. The Bertz CT molecular complexity index is 996. The maximum Gasteiger partial charge on any atom is 0.344 e. The predicted octanol–water partition coefficient (Wildman–Crippen LogP) is 3.76. The quantitative estimate of drug-likeness (QED) is 0.768. The molecule has 1 atom stereocenters. The summed E-state index contributed by atoms with van der Waals surface area (Å²) >= 11 is 7.36. The summed E-state index contributed by atoms with van der Waals surface area (Å²) in [6.45, 7) is 1.42. The fourth-order valence-electron chi connectivity index (χ4n) is 3.38. The minimum Gasteiger partial charge on any atom is -0.453 e. The minimum atomic E-state index is -1.13. The molecule has 1 N–H and O–H groups in total. The Kier molecular flexibility index (Phi) is 4.81. The Morgan fingerprint density at radius 1 is 1.29 bits per heavy atom. The lowest BCUT2D eigenvalue weighted by atomic mass is 10.2. The molecular weight excluding hydrogens is 400 g/mol. The molecule has 2 heterocycles. The average molecular weight is 417 g/mol. The maximum atomic E-state index is 12.9. The van der Waals surface area contributed by atoms with Gasteiger partial charge in [-0.2, -0.15) is 0 Å². The average Bonchev–Trinajstić information content (AvgIpc) is 3.18. The van der Waals surface area contributed by atoms with Crippen LogP contribution in [0.3, 0.4) is 0 Å². The summed E-state index contributed by atoms with van der Waals surface area (Å²) < 4.78 is 5.30. The number of thioether (sulfide) groups is 1. The third kappa shape index (κ3) is 3.14. The van der Waals surface area contributed by atoms with Crippen molar-refractivity contribution in [2.75, 3.05) is 16.8 Å². The molecule has 6 nitrogen and oxygen atoms in total. The number of benzene rings is 2. The maximum absolute atomic E-state index is 12.9. The molecule has 4 rings (SSSR count). The highest BCUT2D eigenvalue weighted by molar-refractivity contribution is 8.02. The second-order valence-electron chi connectivity index (χ2n) is 6.67. The van der Waals surface area contributed by atoms with E-state index < -0.39 is 23.4 Å². The Morgan fingerprint density at radius 3 is 2.86 bits per heavy atom. The van der Waals surface area contributed by atoms with E-state index in [1.54, 1.807) is 18.2 Å². The topological polar surface area (TPSA) is 75.7 Å². The van der Waals surface area contributed by atoms with Crippen LogP contribution in [-0.2, 0) is 19.1 Å². The molecule has 0 saturated carbocycles. The van der Waals surface area contributed by atoms with Crippen LogP contribution in [0.1, 0.15) is 18.4 Å².